The van der Waals surface area contributed by atoms with Crippen LogP contribution in [-0.2, 0) is 10.2 Å². The van der Waals surface area contributed by atoms with E-state index in [1.54, 1.807) is 0 Å². The van der Waals surface area contributed by atoms with Crippen molar-refractivity contribution in [1.29, 1.82) is 0 Å². The Balaban J connectivity index is 1.48. The van der Waals surface area contributed by atoms with E-state index in [1.807, 2.05) is 13.1 Å². The van der Waals surface area contributed by atoms with E-state index in [2.05, 4.69) is 89.8 Å². The molecule has 0 aliphatic carbocycles. The maximum Gasteiger partial charge on any atom is 0.229 e. The lowest BCUT2D eigenvalue weighted by Crippen LogP contribution is -2.36. The summed E-state index contributed by atoms with van der Waals surface area (Å²) in [5.74, 6) is 1.37. The molecule has 1 aromatic heterocycles. The second-order valence-corrected chi connectivity index (χ2v) is 8.95. The molecule has 4 rings (SSSR count). The summed E-state index contributed by atoms with van der Waals surface area (Å²) in [6.45, 7) is 12.1. The van der Waals surface area contributed by atoms with Crippen molar-refractivity contribution in [1.82, 2.24) is 9.97 Å². The Labute approximate surface area is 184 Å². The van der Waals surface area contributed by atoms with E-state index in [1.165, 1.54) is 11.3 Å². The van der Waals surface area contributed by atoms with Crippen molar-refractivity contribution < 1.29 is 4.74 Å². The molecule has 162 valence electrons. The first kappa shape index (κ1) is 21.1. The standard InChI is InChI=1S/C25H31N5O/c1-18-17-26-24(28-20-8-10-22(11-9-20)30-12-14-31-15-13-30)29-23(18)27-21-7-5-6-19(16-21)25(2,3)4/h5-11,16-17H,12-15H2,1-4H3,(H2,26,27,28,29). The van der Waals surface area contributed by atoms with Crippen molar-refractivity contribution in [3.8, 4) is 0 Å². The lowest BCUT2D eigenvalue weighted by atomic mass is 9.87. The van der Waals surface area contributed by atoms with E-state index in [-0.39, 0.29) is 5.41 Å². The molecule has 1 aliphatic rings. The second-order valence-electron chi connectivity index (χ2n) is 8.95. The number of aryl methyl sites for hydroxylation is 1. The average Bonchev–Trinajstić information content (AvgIpc) is 2.77. The fourth-order valence-electron chi connectivity index (χ4n) is 3.54. The number of nitrogens with zero attached hydrogens (tertiary/aromatic N) is 3. The van der Waals surface area contributed by atoms with Crippen LogP contribution in [0.15, 0.2) is 54.7 Å². The van der Waals surface area contributed by atoms with Gasteiger partial charge in [-0.2, -0.15) is 4.98 Å². The van der Waals surface area contributed by atoms with Crippen LogP contribution in [-0.4, -0.2) is 36.3 Å². The molecule has 0 saturated carbocycles. The zero-order valence-electron chi connectivity index (χ0n) is 18.8. The molecule has 0 radical (unpaired) electrons. The zero-order valence-corrected chi connectivity index (χ0v) is 18.8. The summed E-state index contributed by atoms with van der Waals surface area (Å²) < 4.78 is 5.43. The van der Waals surface area contributed by atoms with E-state index >= 15 is 0 Å². The molecule has 0 unspecified atom stereocenters. The summed E-state index contributed by atoms with van der Waals surface area (Å²) in [6, 6.07) is 16.9. The number of benzene rings is 2. The van der Waals surface area contributed by atoms with E-state index in [0.29, 0.717) is 5.95 Å². The largest absolute Gasteiger partial charge is 0.378 e. The van der Waals surface area contributed by atoms with Gasteiger partial charge in [0, 0.05) is 41.9 Å². The first-order valence-electron chi connectivity index (χ1n) is 10.8. The fraction of sp³-hybridized carbons (Fsp3) is 0.360. The topological polar surface area (TPSA) is 62.3 Å². The predicted molar refractivity (Wildman–Crippen MR) is 128 cm³/mol. The summed E-state index contributed by atoms with van der Waals surface area (Å²) in [4.78, 5) is 11.5. The molecule has 6 heteroatoms. The molecular weight excluding hydrogens is 386 g/mol. The highest BCUT2D eigenvalue weighted by Crippen LogP contribution is 2.27. The molecule has 1 fully saturated rings. The van der Waals surface area contributed by atoms with Crippen molar-refractivity contribution in [3.63, 3.8) is 0 Å². The van der Waals surface area contributed by atoms with Crippen LogP contribution in [0, 0.1) is 6.92 Å². The van der Waals surface area contributed by atoms with Crippen LogP contribution in [0.5, 0.6) is 0 Å². The molecule has 0 spiro atoms. The Kier molecular flexibility index (Phi) is 6.09. The van der Waals surface area contributed by atoms with Gasteiger partial charge >= 0.3 is 0 Å². The smallest absolute Gasteiger partial charge is 0.229 e. The number of rotatable bonds is 5. The minimum atomic E-state index is 0.0957. The highest BCUT2D eigenvalue weighted by atomic mass is 16.5. The van der Waals surface area contributed by atoms with Gasteiger partial charge < -0.3 is 20.3 Å². The van der Waals surface area contributed by atoms with Crippen molar-refractivity contribution in [2.45, 2.75) is 33.1 Å². The van der Waals surface area contributed by atoms with Gasteiger partial charge in [0.25, 0.3) is 0 Å². The van der Waals surface area contributed by atoms with Gasteiger partial charge in [0.05, 0.1) is 13.2 Å². The van der Waals surface area contributed by atoms with Crippen LogP contribution in [0.4, 0.5) is 28.8 Å². The Morgan fingerprint density at radius 1 is 0.935 bits per heavy atom. The first-order valence-corrected chi connectivity index (χ1v) is 10.8. The molecule has 31 heavy (non-hydrogen) atoms. The summed E-state index contributed by atoms with van der Waals surface area (Å²) >= 11 is 0. The molecule has 1 aliphatic heterocycles. The van der Waals surface area contributed by atoms with Crippen LogP contribution in [0.25, 0.3) is 0 Å². The first-order chi connectivity index (χ1) is 14.9. The molecule has 2 aromatic carbocycles. The number of hydrogen-bond donors (Lipinski definition) is 2. The molecule has 0 bridgehead atoms. The number of hydrogen-bond acceptors (Lipinski definition) is 6. The van der Waals surface area contributed by atoms with Crippen molar-refractivity contribution >= 4 is 28.8 Å². The van der Waals surface area contributed by atoms with Gasteiger partial charge in [-0.1, -0.05) is 32.9 Å². The van der Waals surface area contributed by atoms with Crippen LogP contribution in [0.2, 0.25) is 0 Å². The molecule has 3 aromatic rings. The Morgan fingerprint density at radius 3 is 2.39 bits per heavy atom. The van der Waals surface area contributed by atoms with E-state index in [4.69, 9.17) is 9.72 Å². The zero-order chi connectivity index (χ0) is 21.8. The number of morpholine rings is 1. The lowest BCUT2D eigenvalue weighted by molar-refractivity contribution is 0.122. The van der Waals surface area contributed by atoms with Gasteiger partial charge in [-0.05, 0) is 54.3 Å². The lowest BCUT2D eigenvalue weighted by Gasteiger charge is -2.28. The van der Waals surface area contributed by atoms with Gasteiger partial charge in [0.1, 0.15) is 5.82 Å². The molecule has 2 heterocycles. The number of aromatic nitrogens is 2. The minimum absolute atomic E-state index is 0.0957. The Morgan fingerprint density at radius 2 is 1.68 bits per heavy atom. The molecular formula is C25H31N5O. The highest BCUT2D eigenvalue weighted by Gasteiger charge is 2.14. The fourth-order valence-corrected chi connectivity index (χ4v) is 3.54. The number of anilines is 5. The summed E-state index contributed by atoms with van der Waals surface area (Å²) in [5, 5.41) is 6.77. The van der Waals surface area contributed by atoms with Crippen LogP contribution in [0.1, 0.15) is 31.9 Å². The van der Waals surface area contributed by atoms with Gasteiger partial charge in [0.2, 0.25) is 5.95 Å². The monoisotopic (exact) mass is 417 g/mol. The van der Waals surface area contributed by atoms with Crippen LogP contribution in [0.3, 0.4) is 0 Å². The summed E-state index contributed by atoms with van der Waals surface area (Å²) in [7, 11) is 0. The molecule has 1 saturated heterocycles. The Bertz CT molecular complexity index is 1020. The maximum atomic E-state index is 5.43. The van der Waals surface area contributed by atoms with E-state index < -0.39 is 0 Å². The molecule has 0 amide bonds. The van der Waals surface area contributed by atoms with E-state index in [9.17, 15) is 0 Å². The van der Waals surface area contributed by atoms with Crippen LogP contribution >= 0.6 is 0 Å². The van der Waals surface area contributed by atoms with Gasteiger partial charge in [0.15, 0.2) is 0 Å². The molecule has 6 nitrogen and oxygen atoms in total. The predicted octanol–water partition coefficient (Wildman–Crippen LogP) is 5.41. The summed E-state index contributed by atoms with van der Waals surface area (Å²) in [6.07, 6.45) is 1.84. The molecule has 0 atom stereocenters. The third kappa shape index (κ3) is 5.33. The molecule has 2 N–H and O–H groups in total. The van der Waals surface area contributed by atoms with Crippen molar-refractivity contribution in [2.75, 3.05) is 41.8 Å². The SMILES string of the molecule is Cc1cnc(Nc2ccc(N3CCOCC3)cc2)nc1Nc1cccc(C(C)(C)C)c1. The summed E-state index contributed by atoms with van der Waals surface area (Å²) in [5.41, 5.74) is 5.56. The minimum Gasteiger partial charge on any atom is -0.378 e. The third-order valence-electron chi connectivity index (χ3n) is 5.46. The Hall–Kier alpha value is -3.12. The average molecular weight is 418 g/mol. The third-order valence-corrected chi connectivity index (χ3v) is 5.46. The normalized spacial score (nSPS) is 14.4. The van der Waals surface area contributed by atoms with Gasteiger partial charge in [-0.15, -0.1) is 0 Å². The van der Waals surface area contributed by atoms with E-state index in [0.717, 1.165) is 49.1 Å². The number of nitrogens with one attached hydrogen (secondary N) is 2. The maximum absolute atomic E-state index is 5.43. The quantitative estimate of drug-likeness (QED) is 0.579. The van der Waals surface area contributed by atoms with Gasteiger partial charge in [-0.3, -0.25) is 0 Å². The second kappa shape index (κ2) is 8.94. The number of ether oxygens (including phenoxy) is 1. The van der Waals surface area contributed by atoms with Crippen molar-refractivity contribution in [2.24, 2.45) is 0 Å². The van der Waals surface area contributed by atoms with Crippen molar-refractivity contribution in [3.05, 3.63) is 65.9 Å². The van der Waals surface area contributed by atoms with Gasteiger partial charge in [-0.25, -0.2) is 4.98 Å². The highest BCUT2D eigenvalue weighted by molar-refractivity contribution is 5.64. The van der Waals surface area contributed by atoms with Crippen LogP contribution < -0.4 is 15.5 Å².